The van der Waals surface area contributed by atoms with Gasteiger partial charge in [0.25, 0.3) is 0 Å². The Morgan fingerprint density at radius 3 is 1.03 bits per heavy atom. The molecule has 0 aromatic rings. The summed E-state index contributed by atoms with van der Waals surface area (Å²) in [6.07, 6.45) is 74.9. The van der Waals surface area contributed by atoms with Gasteiger partial charge in [-0.15, -0.1) is 0 Å². The van der Waals surface area contributed by atoms with E-state index in [4.69, 9.17) is 4.74 Å². The summed E-state index contributed by atoms with van der Waals surface area (Å²) < 4.78 is 5.47. The van der Waals surface area contributed by atoms with E-state index in [2.05, 4.69) is 43.5 Å². The van der Waals surface area contributed by atoms with Crippen molar-refractivity contribution in [1.82, 2.24) is 5.32 Å². The first-order valence-electron chi connectivity index (χ1n) is 32.1. The van der Waals surface area contributed by atoms with Gasteiger partial charge in [-0.1, -0.05) is 289 Å². The number of unbranched alkanes of at least 4 members (excludes halogenated alkanes) is 45. The third-order valence-corrected chi connectivity index (χ3v) is 15.0. The highest BCUT2D eigenvalue weighted by Crippen LogP contribution is 2.18. The minimum absolute atomic E-state index is 0.00529. The highest BCUT2D eigenvalue weighted by molar-refractivity contribution is 5.76. The van der Waals surface area contributed by atoms with Crippen molar-refractivity contribution in [2.75, 3.05) is 13.2 Å². The van der Waals surface area contributed by atoms with Gasteiger partial charge in [0.1, 0.15) is 0 Å². The van der Waals surface area contributed by atoms with Gasteiger partial charge in [-0.2, -0.15) is 0 Å². The fraction of sp³-hybridized carbons (Fsp3) is 0.908. The minimum Gasteiger partial charge on any atom is -0.466 e. The lowest BCUT2D eigenvalue weighted by molar-refractivity contribution is -0.143. The Morgan fingerprint density at radius 1 is 0.380 bits per heavy atom. The molecule has 0 fully saturated rings. The number of carbonyl (C=O) groups excluding carboxylic acids is 2. The fourth-order valence-electron chi connectivity index (χ4n) is 10.0. The lowest BCUT2D eigenvalue weighted by Crippen LogP contribution is -2.45. The lowest BCUT2D eigenvalue weighted by atomic mass is 10.0. The zero-order valence-electron chi connectivity index (χ0n) is 48.0. The molecule has 0 aliphatic carbocycles. The summed E-state index contributed by atoms with van der Waals surface area (Å²) >= 11 is 0. The van der Waals surface area contributed by atoms with Crippen molar-refractivity contribution in [2.45, 2.75) is 366 Å². The van der Waals surface area contributed by atoms with Crippen LogP contribution in [0, 0.1) is 0 Å². The molecule has 0 saturated carbocycles. The maximum atomic E-state index is 12.5. The van der Waals surface area contributed by atoms with Gasteiger partial charge in [0.15, 0.2) is 0 Å². The maximum absolute atomic E-state index is 12.5. The smallest absolute Gasteiger partial charge is 0.305 e. The predicted molar refractivity (Wildman–Crippen MR) is 310 cm³/mol. The van der Waals surface area contributed by atoms with Crippen LogP contribution in [0.4, 0.5) is 0 Å². The SMILES string of the molecule is CCCCC/C=C\CCCCCCCC(=O)OCCCCCCCCCCCCCC/C=C\CCCCCCCCCCCCCC(=O)NC(CO)C(O)CCCCCCCCCCCCCCCCC. The van der Waals surface area contributed by atoms with Crippen LogP contribution in [0.5, 0.6) is 0 Å². The molecular weight excluding hydrogens is 875 g/mol. The molecule has 0 aromatic heterocycles. The normalized spacial score (nSPS) is 12.7. The third kappa shape index (κ3) is 57.5. The second kappa shape index (κ2) is 60.9. The van der Waals surface area contributed by atoms with Crippen molar-refractivity contribution in [3.05, 3.63) is 24.3 Å². The quantitative estimate of drug-likeness (QED) is 0.0320. The molecule has 3 N–H and O–H groups in total. The third-order valence-electron chi connectivity index (χ3n) is 15.0. The van der Waals surface area contributed by atoms with Gasteiger partial charge in [0, 0.05) is 12.8 Å². The van der Waals surface area contributed by atoms with E-state index in [9.17, 15) is 19.8 Å². The van der Waals surface area contributed by atoms with Crippen molar-refractivity contribution >= 4 is 11.9 Å². The Labute approximate surface area is 443 Å². The monoisotopic (exact) mass is 1000 g/mol. The van der Waals surface area contributed by atoms with Crippen molar-refractivity contribution in [2.24, 2.45) is 0 Å². The van der Waals surface area contributed by atoms with E-state index < -0.39 is 12.1 Å². The second-order valence-electron chi connectivity index (χ2n) is 22.1. The molecule has 71 heavy (non-hydrogen) atoms. The van der Waals surface area contributed by atoms with Crippen LogP contribution in [0.2, 0.25) is 0 Å². The van der Waals surface area contributed by atoms with E-state index >= 15 is 0 Å². The second-order valence-corrected chi connectivity index (χ2v) is 22.1. The van der Waals surface area contributed by atoms with Crippen molar-refractivity contribution in [3.8, 4) is 0 Å². The first-order valence-corrected chi connectivity index (χ1v) is 32.1. The van der Waals surface area contributed by atoms with Crippen LogP contribution in [-0.4, -0.2) is 47.4 Å². The van der Waals surface area contributed by atoms with Gasteiger partial charge in [-0.3, -0.25) is 9.59 Å². The first-order chi connectivity index (χ1) is 35.0. The molecule has 0 saturated heterocycles. The number of aliphatic hydroxyl groups excluding tert-OH is 2. The summed E-state index contributed by atoms with van der Waals surface area (Å²) in [5, 5.41) is 23.3. The lowest BCUT2D eigenvalue weighted by Gasteiger charge is -2.22. The van der Waals surface area contributed by atoms with E-state index in [1.165, 1.54) is 276 Å². The molecule has 6 nitrogen and oxygen atoms in total. The molecule has 2 atom stereocenters. The summed E-state index contributed by atoms with van der Waals surface area (Å²) in [6, 6.07) is -0.541. The average Bonchev–Trinajstić information content (AvgIpc) is 3.37. The molecule has 2 unspecified atom stereocenters. The molecule has 0 rings (SSSR count). The number of amides is 1. The van der Waals surface area contributed by atoms with E-state index in [1.807, 2.05) is 0 Å². The number of hydrogen-bond donors (Lipinski definition) is 3. The van der Waals surface area contributed by atoms with Crippen molar-refractivity contribution in [3.63, 3.8) is 0 Å². The van der Waals surface area contributed by atoms with E-state index in [0.29, 0.717) is 25.9 Å². The van der Waals surface area contributed by atoms with Crippen LogP contribution in [-0.2, 0) is 14.3 Å². The first kappa shape index (κ1) is 69.3. The number of esters is 1. The minimum atomic E-state index is -0.664. The Bertz CT molecular complexity index is 1110. The predicted octanol–water partition coefficient (Wildman–Crippen LogP) is 20.2. The van der Waals surface area contributed by atoms with E-state index in [1.54, 1.807) is 0 Å². The van der Waals surface area contributed by atoms with Crippen LogP contribution < -0.4 is 5.32 Å². The summed E-state index contributed by atoms with van der Waals surface area (Å²) in [7, 11) is 0. The van der Waals surface area contributed by atoms with E-state index in [0.717, 1.165) is 44.9 Å². The maximum Gasteiger partial charge on any atom is 0.305 e. The number of ether oxygens (including phenoxy) is 1. The molecule has 1 amide bonds. The molecule has 0 aromatic carbocycles. The van der Waals surface area contributed by atoms with Crippen LogP contribution in [0.1, 0.15) is 354 Å². The topological polar surface area (TPSA) is 95.9 Å². The number of allylic oxidation sites excluding steroid dienone is 4. The molecule has 6 heteroatoms. The van der Waals surface area contributed by atoms with Gasteiger partial charge < -0.3 is 20.3 Å². The van der Waals surface area contributed by atoms with Gasteiger partial charge in [0.2, 0.25) is 5.91 Å². The molecule has 0 radical (unpaired) electrons. The van der Waals surface area contributed by atoms with Crippen molar-refractivity contribution < 1.29 is 24.5 Å². The molecular formula is C65H125NO5. The summed E-state index contributed by atoms with van der Waals surface area (Å²) in [6.45, 7) is 4.95. The molecule has 0 heterocycles. The fourth-order valence-corrected chi connectivity index (χ4v) is 10.0. The summed E-state index contributed by atoms with van der Waals surface area (Å²) in [4.78, 5) is 24.5. The number of carbonyl (C=O) groups is 2. The van der Waals surface area contributed by atoms with Crippen LogP contribution in [0.25, 0.3) is 0 Å². The van der Waals surface area contributed by atoms with Crippen LogP contribution >= 0.6 is 0 Å². The zero-order chi connectivity index (χ0) is 51.4. The number of nitrogens with one attached hydrogen (secondary N) is 1. The summed E-state index contributed by atoms with van der Waals surface area (Å²) in [5.41, 5.74) is 0. The Kier molecular flexibility index (Phi) is 59.5. The highest BCUT2D eigenvalue weighted by Gasteiger charge is 2.20. The Hall–Kier alpha value is -1.66. The van der Waals surface area contributed by atoms with Crippen molar-refractivity contribution in [1.29, 1.82) is 0 Å². The number of aliphatic hydroxyl groups is 2. The number of rotatable bonds is 60. The highest BCUT2D eigenvalue weighted by atomic mass is 16.5. The van der Waals surface area contributed by atoms with Gasteiger partial charge >= 0.3 is 5.97 Å². The Morgan fingerprint density at radius 2 is 0.662 bits per heavy atom. The van der Waals surface area contributed by atoms with Gasteiger partial charge in [0.05, 0.1) is 25.4 Å². The summed E-state index contributed by atoms with van der Waals surface area (Å²) in [5.74, 6) is -0.0283. The average molecular weight is 1000 g/mol. The number of hydrogen-bond acceptors (Lipinski definition) is 5. The molecule has 0 aliphatic heterocycles. The van der Waals surface area contributed by atoms with Gasteiger partial charge in [-0.05, 0) is 77.0 Å². The molecule has 0 bridgehead atoms. The van der Waals surface area contributed by atoms with Crippen LogP contribution in [0.15, 0.2) is 24.3 Å². The van der Waals surface area contributed by atoms with E-state index in [-0.39, 0.29) is 18.5 Å². The molecule has 420 valence electrons. The Balaban J connectivity index is 3.38. The van der Waals surface area contributed by atoms with Gasteiger partial charge in [-0.25, -0.2) is 0 Å². The van der Waals surface area contributed by atoms with Crippen LogP contribution in [0.3, 0.4) is 0 Å². The molecule has 0 spiro atoms. The molecule has 0 aliphatic rings. The largest absolute Gasteiger partial charge is 0.466 e. The zero-order valence-corrected chi connectivity index (χ0v) is 48.0. The standard InChI is InChI=1S/C65H125NO5/c1-3-5-7-9-11-13-15-17-31-34-37-41-45-49-53-57-63(68)62(61-67)66-64(69)58-54-50-46-42-38-35-32-29-27-25-23-21-19-18-20-22-24-26-28-30-33-36-40-44-48-52-56-60-71-65(70)59-55-51-47-43-39-16-14-12-10-8-6-4-2/h12,14,18-19,62-63,67-68H,3-11,13,15-17,20-61H2,1-2H3,(H,66,69)/b14-12-,19-18-.